The highest BCUT2D eigenvalue weighted by atomic mass is 16.3. The van der Waals surface area contributed by atoms with Crippen molar-refractivity contribution >= 4 is 5.91 Å². The van der Waals surface area contributed by atoms with Gasteiger partial charge in [-0.1, -0.05) is 73.0 Å². The van der Waals surface area contributed by atoms with Crippen LogP contribution in [0, 0.1) is 50.7 Å². The van der Waals surface area contributed by atoms with Crippen LogP contribution in [0.5, 0.6) is 0 Å². The minimum atomic E-state index is -0.168. The van der Waals surface area contributed by atoms with E-state index in [2.05, 4.69) is 59.9 Å². The zero-order chi connectivity index (χ0) is 27.4. The SMILES string of the molecule is CC1(C)CC[C@]2(NC(=O)C3CCCC3)CC[C@]3(C)C(=CC[C@@H]4[C@@]5(C)CC[C@H](O)C(C)(C)[C@@H]5CC[C@]43C)[C@@H]2C1. The molecular formula is C35H57NO2. The number of allylic oxidation sites excluding steroid dienone is 1. The molecule has 6 aliphatic rings. The average molecular weight is 524 g/mol. The van der Waals surface area contributed by atoms with Crippen LogP contribution in [0.25, 0.3) is 0 Å². The van der Waals surface area contributed by atoms with Crippen molar-refractivity contribution in [2.45, 2.75) is 150 Å². The number of hydrogen-bond donors (Lipinski definition) is 2. The van der Waals surface area contributed by atoms with Crippen LogP contribution in [0.1, 0.15) is 138 Å². The molecule has 214 valence electrons. The Hall–Kier alpha value is -0.830. The quantitative estimate of drug-likeness (QED) is 0.358. The van der Waals surface area contributed by atoms with E-state index in [-0.39, 0.29) is 39.2 Å². The van der Waals surface area contributed by atoms with Gasteiger partial charge in [0.15, 0.2) is 0 Å². The molecule has 0 aliphatic heterocycles. The van der Waals surface area contributed by atoms with Crippen LogP contribution in [-0.2, 0) is 4.79 Å². The van der Waals surface area contributed by atoms with Crippen molar-refractivity contribution < 1.29 is 9.90 Å². The summed E-state index contributed by atoms with van der Waals surface area (Å²) in [6.45, 7) is 17.5. The topological polar surface area (TPSA) is 49.3 Å². The lowest BCUT2D eigenvalue weighted by Gasteiger charge is -2.71. The highest BCUT2D eigenvalue weighted by Gasteiger charge is 2.68. The van der Waals surface area contributed by atoms with E-state index < -0.39 is 0 Å². The Morgan fingerprint density at radius 3 is 2.24 bits per heavy atom. The van der Waals surface area contributed by atoms with E-state index in [1.165, 1.54) is 57.8 Å². The van der Waals surface area contributed by atoms with Crippen LogP contribution in [0.15, 0.2) is 11.6 Å². The van der Waals surface area contributed by atoms with Crippen LogP contribution < -0.4 is 5.32 Å². The number of aliphatic hydroxyl groups is 1. The molecule has 0 spiro atoms. The van der Waals surface area contributed by atoms with Gasteiger partial charge in [0.25, 0.3) is 0 Å². The van der Waals surface area contributed by atoms with Gasteiger partial charge in [0.05, 0.1) is 6.10 Å². The lowest BCUT2D eigenvalue weighted by Crippen LogP contribution is -2.68. The monoisotopic (exact) mass is 523 g/mol. The third kappa shape index (κ3) is 3.64. The van der Waals surface area contributed by atoms with Crippen molar-refractivity contribution in [3.63, 3.8) is 0 Å². The van der Waals surface area contributed by atoms with E-state index in [1.54, 1.807) is 5.57 Å². The molecule has 5 saturated carbocycles. The van der Waals surface area contributed by atoms with E-state index >= 15 is 0 Å². The molecule has 8 atom stereocenters. The molecule has 6 rings (SSSR count). The minimum absolute atomic E-state index is 0.00113. The van der Waals surface area contributed by atoms with Gasteiger partial charge in [-0.3, -0.25) is 4.79 Å². The lowest BCUT2D eigenvalue weighted by molar-refractivity contribution is -0.201. The maximum Gasteiger partial charge on any atom is 0.223 e. The van der Waals surface area contributed by atoms with Gasteiger partial charge in [-0.2, -0.15) is 0 Å². The molecule has 38 heavy (non-hydrogen) atoms. The zero-order valence-electron chi connectivity index (χ0n) is 25.7. The molecule has 0 unspecified atom stereocenters. The number of nitrogens with one attached hydrogen (secondary N) is 1. The standard InChI is InChI=1S/C35H57NO2/c1-30(2)18-20-35(36-29(38)23-10-8-9-11-23)21-19-33(6)24(25(35)22-30)12-13-27-32(5)16-15-28(37)31(3,4)26(32)14-17-34(27,33)7/h12,23,25-28,37H,8-11,13-22H2,1-7H3,(H,36,38)/t25-,26-,27+,28-,32-,33+,34+,35-/m0/s1. The van der Waals surface area contributed by atoms with Crippen molar-refractivity contribution in [2.75, 3.05) is 0 Å². The molecule has 5 fully saturated rings. The first kappa shape index (κ1) is 27.3. The first-order valence-electron chi connectivity index (χ1n) is 16.4. The van der Waals surface area contributed by atoms with Crippen molar-refractivity contribution in [1.29, 1.82) is 0 Å². The molecule has 0 aromatic carbocycles. The summed E-state index contributed by atoms with van der Waals surface area (Å²) >= 11 is 0. The van der Waals surface area contributed by atoms with Gasteiger partial charge in [-0.15, -0.1) is 0 Å². The van der Waals surface area contributed by atoms with Crippen LogP contribution in [0.2, 0.25) is 0 Å². The number of rotatable bonds is 2. The summed E-state index contributed by atoms with van der Waals surface area (Å²) in [5, 5.41) is 14.8. The highest BCUT2D eigenvalue weighted by Crippen LogP contribution is 2.74. The molecule has 3 nitrogen and oxygen atoms in total. The number of amides is 1. The van der Waals surface area contributed by atoms with Crippen molar-refractivity contribution in [2.24, 2.45) is 50.7 Å². The molecule has 0 bridgehead atoms. The van der Waals surface area contributed by atoms with E-state index in [0.717, 1.165) is 32.1 Å². The molecule has 0 radical (unpaired) electrons. The van der Waals surface area contributed by atoms with Gasteiger partial charge in [0.1, 0.15) is 0 Å². The predicted octanol–water partition coefficient (Wildman–Crippen LogP) is 8.21. The van der Waals surface area contributed by atoms with Gasteiger partial charge < -0.3 is 10.4 Å². The van der Waals surface area contributed by atoms with Crippen molar-refractivity contribution in [3.05, 3.63) is 11.6 Å². The lowest BCUT2D eigenvalue weighted by atomic mass is 9.34. The van der Waals surface area contributed by atoms with E-state index in [4.69, 9.17) is 0 Å². The van der Waals surface area contributed by atoms with Gasteiger partial charge >= 0.3 is 0 Å². The van der Waals surface area contributed by atoms with Crippen molar-refractivity contribution in [1.82, 2.24) is 5.32 Å². The van der Waals surface area contributed by atoms with E-state index in [0.29, 0.717) is 29.1 Å². The number of fused-ring (bicyclic) bond motifs is 7. The summed E-state index contributed by atoms with van der Waals surface area (Å²) in [5.74, 6) is 2.36. The highest BCUT2D eigenvalue weighted by molar-refractivity contribution is 5.80. The molecule has 2 N–H and O–H groups in total. The molecule has 0 aromatic rings. The largest absolute Gasteiger partial charge is 0.393 e. The fourth-order valence-corrected chi connectivity index (χ4v) is 12.0. The van der Waals surface area contributed by atoms with Crippen LogP contribution in [-0.4, -0.2) is 22.7 Å². The van der Waals surface area contributed by atoms with Crippen molar-refractivity contribution in [3.8, 4) is 0 Å². The summed E-state index contributed by atoms with van der Waals surface area (Å²) in [5.41, 5.74) is 2.78. The van der Waals surface area contributed by atoms with Gasteiger partial charge in [0, 0.05) is 17.4 Å². The van der Waals surface area contributed by atoms with Crippen LogP contribution in [0.4, 0.5) is 0 Å². The molecule has 0 heterocycles. The van der Waals surface area contributed by atoms with Crippen LogP contribution in [0.3, 0.4) is 0 Å². The van der Waals surface area contributed by atoms with Gasteiger partial charge in [0.2, 0.25) is 5.91 Å². The first-order valence-corrected chi connectivity index (χ1v) is 16.4. The molecule has 0 saturated heterocycles. The Morgan fingerprint density at radius 1 is 0.842 bits per heavy atom. The van der Waals surface area contributed by atoms with E-state index in [1.807, 2.05) is 0 Å². The Bertz CT molecular complexity index is 1010. The summed E-state index contributed by atoms with van der Waals surface area (Å²) in [7, 11) is 0. The summed E-state index contributed by atoms with van der Waals surface area (Å²) in [4.78, 5) is 13.6. The number of aliphatic hydroxyl groups excluding tert-OH is 1. The second-order valence-corrected chi connectivity index (χ2v) is 17.2. The first-order chi connectivity index (χ1) is 17.7. The van der Waals surface area contributed by atoms with Gasteiger partial charge in [-0.05, 0) is 116 Å². The number of carbonyl (C=O) groups excluding carboxylic acids is 1. The zero-order valence-corrected chi connectivity index (χ0v) is 25.7. The average Bonchev–Trinajstić information content (AvgIpc) is 3.38. The summed E-state index contributed by atoms with van der Waals surface area (Å²) < 4.78 is 0. The fourth-order valence-electron chi connectivity index (χ4n) is 12.0. The second-order valence-electron chi connectivity index (χ2n) is 17.2. The molecule has 6 aliphatic carbocycles. The molecule has 1 amide bonds. The fraction of sp³-hybridized carbons (Fsp3) is 0.914. The Balaban J connectivity index is 1.38. The molecule has 0 aromatic heterocycles. The Kier molecular flexibility index (Phi) is 6.18. The number of carbonyl (C=O) groups is 1. The minimum Gasteiger partial charge on any atom is -0.393 e. The van der Waals surface area contributed by atoms with Crippen LogP contribution >= 0.6 is 0 Å². The Morgan fingerprint density at radius 2 is 1.53 bits per heavy atom. The predicted molar refractivity (Wildman–Crippen MR) is 155 cm³/mol. The second kappa shape index (κ2) is 8.59. The molecular weight excluding hydrogens is 466 g/mol. The number of hydrogen-bond acceptors (Lipinski definition) is 2. The third-order valence-corrected chi connectivity index (χ3v) is 14.7. The molecule has 3 heteroatoms. The maximum atomic E-state index is 13.6. The van der Waals surface area contributed by atoms with E-state index in [9.17, 15) is 9.90 Å². The normalized spacial score (nSPS) is 49.6. The summed E-state index contributed by atoms with van der Waals surface area (Å²) in [6.07, 6.45) is 18.9. The summed E-state index contributed by atoms with van der Waals surface area (Å²) in [6, 6.07) is 0. The Labute approximate surface area is 233 Å². The maximum absolute atomic E-state index is 13.6. The van der Waals surface area contributed by atoms with Gasteiger partial charge in [-0.25, -0.2) is 0 Å². The smallest absolute Gasteiger partial charge is 0.223 e. The third-order valence-electron chi connectivity index (χ3n) is 14.7.